The van der Waals surface area contributed by atoms with Gasteiger partial charge in [-0.25, -0.2) is 0 Å². The van der Waals surface area contributed by atoms with Crippen LogP contribution in [0.4, 0.5) is 0 Å². The highest BCUT2D eigenvalue weighted by Crippen LogP contribution is 2.32. The Morgan fingerprint density at radius 1 is 1.46 bits per heavy atom. The van der Waals surface area contributed by atoms with Crippen molar-refractivity contribution in [3.8, 4) is 5.75 Å². The van der Waals surface area contributed by atoms with Gasteiger partial charge in [-0.2, -0.15) is 4.98 Å². The number of aryl methyl sites for hydroxylation is 1. The Hall–Kier alpha value is -2.12. The van der Waals surface area contributed by atoms with Crippen molar-refractivity contribution in [3.63, 3.8) is 0 Å². The number of amides is 1. The van der Waals surface area contributed by atoms with Crippen LogP contribution in [0.15, 0.2) is 22.7 Å². The van der Waals surface area contributed by atoms with E-state index < -0.39 is 6.10 Å². The summed E-state index contributed by atoms with van der Waals surface area (Å²) in [5, 5.41) is 4.36. The quantitative estimate of drug-likeness (QED) is 0.837. The molecule has 2 aromatic rings. The number of benzene rings is 1. The normalized spacial score (nSPS) is 19.8. The van der Waals surface area contributed by atoms with E-state index >= 15 is 0 Å². The molecule has 126 valence electrons. The van der Waals surface area contributed by atoms with Crippen molar-refractivity contribution in [2.45, 2.75) is 32.2 Å². The molecule has 0 aliphatic carbocycles. The first-order valence-corrected chi connectivity index (χ1v) is 8.11. The summed E-state index contributed by atoms with van der Waals surface area (Å²) in [6, 6.07) is 5.41. The first-order chi connectivity index (χ1) is 11.6. The van der Waals surface area contributed by atoms with E-state index in [9.17, 15) is 4.79 Å². The van der Waals surface area contributed by atoms with Crippen molar-refractivity contribution in [2.75, 3.05) is 13.1 Å². The fraction of sp³-hybridized carbons (Fsp3) is 0.438. The Labute approximate surface area is 143 Å². The number of hydrogen-bond donors (Lipinski definition) is 0. The van der Waals surface area contributed by atoms with Gasteiger partial charge in [0.25, 0.3) is 11.8 Å². The van der Waals surface area contributed by atoms with Crippen LogP contribution in [-0.2, 0) is 22.6 Å². The Morgan fingerprint density at radius 3 is 3.04 bits per heavy atom. The number of likely N-dealkylation sites (tertiary alicyclic amines) is 1. The van der Waals surface area contributed by atoms with E-state index in [2.05, 4.69) is 10.1 Å². The molecule has 1 aromatic heterocycles. The monoisotopic (exact) mass is 349 g/mol. The average Bonchev–Trinajstić information content (AvgIpc) is 3.11. The molecular weight excluding hydrogens is 334 g/mol. The van der Waals surface area contributed by atoms with Gasteiger partial charge in [-0.05, 0) is 30.7 Å². The molecule has 0 N–H and O–H groups in total. The number of rotatable bonds is 4. The summed E-state index contributed by atoms with van der Waals surface area (Å²) >= 11 is 5.97. The number of hydrogen-bond acceptors (Lipinski definition) is 6. The van der Waals surface area contributed by atoms with Crippen LogP contribution in [0.25, 0.3) is 0 Å². The lowest BCUT2D eigenvalue weighted by Crippen LogP contribution is -2.58. The highest BCUT2D eigenvalue weighted by molar-refractivity contribution is 6.30. The lowest BCUT2D eigenvalue weighted by Gasteiger charge is -2.39. The molecule has 0 saturated carbocycles. The number of aromatic nitrogens is 2. The van der Waals surface area contributed by atoms with Gasteiger partial charge in [-0.1, -0.05) is 16.8 Å². The first kappa shape index (κ1) is 15.4. The Balaban J connectivity index is 1.26. The van der Waals surface area contributed by atoms with Gasteiger partial charge in [0.05, 0.1) is 6.10 Å². The van der Waals surface area contributed by atoms with Crippen molar-refractivity contribution >= 4 is 17.5 Å². The third-order valence-corrected chi connectivity index (χ3v) is 4.38. The van der Waals surface area contributed by atoms with E-state index in [0.29, 0.717) is 36.2 Å². The number of carbonyl (C=O) groups excluding carboxylic acids is 1. The van der Waals surface area contributed by atoms with Crippen LogP contribution >= 0.6 is 11.6 Å². The number of fused-ring (bicyclic) bond motifs is 1. The molecule has 3 heterocycles. The molecule has 1 unspecified atom stereocenters. The molecule has 2 aliphatic rings. The van der Waals surface area contributed by atoms with Crippen molar-refractivity contribution < 1.29 is 18.8 Å². The molecule has 1 saturated heterocycles. The second-order valence-corrected chi connectivity index (χ2v) is 6.41. The zero-order valence-electron chi connectivity index (χ0n) is 13.1. The highest BCUT2D eigenvalue weighted by Gasteiger charge is 2.38. The highest BCUT2D eigenvalue weighted by atomic mass is 35.5. The van der Waals surface area contributed by atoms with Crippen LogP contribution in [0.5, 0.6) is 5.75 Å². The van der Waals surface area contributed by atoms with Gasteiger partial charge in [-0.3, -0.25) is 4.79 Å². The summed E-state index contributed by atoms with van der Waals surface area (Å²) in [6.07, 6.45) is 0.0651. The predicted molar refractivity (Wildman–Crippen MR) is 83.8 cm³/mol. The van der Waals surface area contributed by atoms with Crippen molar-refractivity contribution in [2.24, 2.45) is 0 Å². The fourth-order valence-corrected chi connectivity index (χ4v) is 3.06. The number of ether oxygens (including phenoxy) is 2. The minimum absolute atomic E-state index is 0.0145. The zero-order valence-corrected chi connectivity index (χ0v) is 13.8. The summed E-state index contributed by atoms with van der Waals surface area (Å²) in [4.78, 5) is 18.3. The van der Waals surface area contributed by atoms with Crippen LogP contribution in [-0.4, -0.2) is 46.2 Å². The van der Waals surface area contributed by atoms with E-state index in [0.717, 1.165) is 11.3 Å². The maximum atomic E-state index is 12.5. The van der Waals surface area contributed by atoms with Crippen LogP contribution in [0, 0.1) is 6.92 Å². The third kappa shape index (κ3) is 2.97. The minimum atomic E-state index is -0.474. The number of carbonyl (C=O) groups is 1. The van der Waals surface area contributed by atoms with Crippen LogP contribution in [0.3, 0.4) is 0 Å². The molecule has 0 spiro atoms. The maximum Gasteiger partial charge on any atom is 0.264 e. The smallest absolute Gasteiger partial charge is 0.264 e. The first-order valence-electron chi connectivity index (χ1n) is 7.73. The van der Waals surface area contributed by atoms with Gasteiger partial charge < -0.3 is 18.9 Å². The van der Waals surface area contributed by atoms with E-state index in [1.807, 2.05) is 6.07 Å². The molecule has 1 atom stereocenters. The van der Waals surface area contributed by atoms with E-state index in [-0.39, 0.29) is 18.6 Å². The maximum absolute atomic E-state index is 12.5. The minimum Gasteiger partial charge on any atom is -0.480 e. The van der Waals surface area contributed by atoms with Crippen LogP contribution in [0.1, 0.15) is 17.3 Å². The SMILES string of the molecule is Cc1noc(COC2CN(C(=O)C3Cc4cc(Cl)ccc4O3)C2)n1. The summed E-state index contributed by atoms with van der Waals surface area (Å²) < 4.78 is 16.4. The standard InChI is InChI=1S/C16H16ClN3O4/c1-9-18-15(24-19-9)8-22-12-6-20(7-12)16(21)14-5-10-4-11(17)2-3-13(10)23-14/h2-4,12,14H,5-8H2,1H3. The fourth-order valence-electron chi connectivity index (χ4n) is 2.87. The van der Waals surface area contributed by atoms with E-state index in [1.54, 1.807) is 24.0 Å². The Kier molecular flexibility index (Phi) is 3.90. The molecular formula is C16H16ClN3O4. The molecule has 1 fully saturated rings. The molecule has 0 radical (unpaired) electrons. The van der Waals surface area contributed by atoms with Gasteiger partial charge >= 0.3 is 0 Å². The molecule has 24 heavy (non-hydrogen) atoms. The second-order valence-electron chi connectivity index (χ2n) is 5.97. The van der Waals surface area contributed by atoms with Gasteiger partial charge in [0.2, 0.25) is 0 Å². The molecule has 7 nitrogen and oxygen atoms in total. The second kappa shape index (κ2) is 6.07. The summed E-state index contributed by atoms with van der Waals surface area (Å²) in [5.74, 6) is 1.74. The van der Waals surface area contributed by atoms with Crippen molar-refractivity contribution in [3.05, 3.63) is 40.5 Å². The average molecular weight is 350 g/mol. The molecule has 0 bridgehead atoms. The molecule has 2 aliphatic heterocycles. The largest absolute Gasteiger partial charge is 0.480 e. The molecule has 1 amide bonds. The third-order valence-electron chi connectivity index (χ3n) is 4.14. The Bertz CT molecular complexity index is 772. The molecule has 8 heteroatoms. The Morgan fingerprint density at radius 2 is 2.29 bits per heavy atom. The lowest BCUT2D eigenvalue weighted by atomic mass is 10.1. The van der Waals surface area contributed by atoms with Gasteiger partial charge in [0, 0.05) is 24.5 Å². The van der Waals surface area contributed by atoms with Gasteiger partial charge in [0.1, 0.15) is 12.4 Å². The number of halogens is 1. The van der Waals surface area contributed by atoms with E-state index in [4.69, 9.17) is 25.6 Å². The van der Waals surface area contributed by atoms with Gasteiger partial charge in [0.15, 0.2) is 11.9 Å². The molecule has 1 aromatic carbocycles. The van der Waals surface area contributed by atoms with Crippen LogP contribution < -0.4 is 4.74 Å². The summed E-state index contributed by atoms with van der Waals surface area (Å²) in [6.45, 7) is 3.10. The molecule has 4 rings (SSSR count). The predicted octanol–water partition coefficient (Wildman–Crippen LogP) is 1.76. The van der Waals surface area contributed by atoms with Crippen molar-refractivity contribution in [1.82, 2.24) is 15.0 Å². The summed E-state index contributed by atoms with van der Waals surface area (Å²) in [7, 11) is 0. The van der Waals surface area contributed by atoms with E-state index in [1.165, 1.54) is 0 Å². The number of nitrogens with zero attached hydrogens (tertiary/aromatic N) is 3. The topological polar surface area (TPSA) is 77.7 Å². The van der Waals surface area contributed by atoms with Gasteiger partial charge in [-0.15, -0.1) is 0 Å². The lowest BCUT2D eigenvalue weighted by molar-refractivity contribution is -0.153. The zero-order chi connectivity index (χ0) is 16.7. The van der Waals surface area contributed by atoms with Crippen molar-refractivity contribution in [1.29, 1.82) is 0 Å². The summed E-state index contributed by atoms with van der Waals surface area (Å²) in [5.41, 5.74) is 0.973. The van der Waals surface area contributed by atoms with Crippen LogP contribution in [0.2, 0.25) is 5.02 Å².